The zero-order valence-corrected chi connectivity index (χ0v) is 13.7. The number of hydrogen-bond acceptors (Lipinski definition) is 3. The van der Waals surface area contributed by atoms with Gasteiger partial charge in [-0.15, -0.1) is 11.3 Å². The molecule has 0 amide bonds. The molecule has 0 saturated heterocycles. The molecular formula is C16H30N2S. The Labute approximate surface area is 123 Å². The predicted octanol–water partition coefficient (Wildman–Crippen LogP) is 5.86. The lowest BCUT2D eigenvalue weighted by Crippen LogP contribution is -2.34. The zero-order valence-electron chi connectivity index (χ0n) is 12.9. The fourth-order valence-electron chi connectivity index (χ4n) is 2.48. The maximum atomic E-state index is 4.37. The summed E-state index contributed by atoms with van der Waals surface area (Å²) in [6, 6.07) is 0. The number of hydrogen-bond donors (Lipinski definition) is 1. The highest BCUT2D eigenvalue weighted by Crippen LogP contribution is 2.27. The molecule has 0 aliphatic carbocycles. The summed E-state index contributed by atoms with van der Waals surface area (Å²) in [7, 11) is 0. The van der Waals surface area contributed by atoms with Crippen LogP contribution in [0.2, 0.25) is 0 Å². The van der Waals surface area contributed by atoms with Crippen molar-refractivity contribution in [2.24, 2.45) is 0 Å². The van der Waals surface area contributed by atoms with Gasteiger partial charge in [-0.1, -0.05) is 58.8 Å². The molecule has 1 aromatic heterocycles. The topological polar surface area (TPSA) is 24.9 Å². The molecule has 19 heavy (non-hydrogen) atoms. The van der Waals surface area contributed by atoms with Crippen LogP contribution in [0.3, 0.4) is 0 Å². The van der Waals surface area contributed by atoms with Gasteiger partial charge in [-0.25, -0.2) is 4.98 Å². The molecule has 1 atom stereocenters. The molecule has 1 unspecified atom stereocenters. The quantitative estimate of drug-likeness (QED) is 0.514. The minimum absolute atomic E-state index is 0.222. The van der Waals surface area contributed by atoms with Gasteiger partial charge in [0.05, 0.1) is 0 Å². The van der Waals surface area contributed by atoms with Crippen LogP contribution in [0, 0.1) is 0 Å². The molecule has 0 saturated carbocycles. The van der Waals surface area contributed by atoms with E-state index in [1.165, 1.54) is 57.8 Å². The molecule has 2 nitrogen and oxygen atoms in total. The third kappa shape index (κ3) is 6.95. The van der Waals surface area contributed by atoms with Crippen LogP contribution in [-0.4, -0.2) is 10.5 Å². The fourth-order valence-corrected chi connectivity index (χ4v) is 3.16. The monoisotopic (exact) mass is 282 g/mol. The van der Waals surface area contributed by atoms with Crippen molar-refractivity contribution in [3.63, 3.8) is 0 Å². The maximum Gasteiger partial charge on any atom is 0.183 e. The second-order valence-electron chi connectivity index (χ2n) is 5.79. The lowest BCUT2D eigenvalue weighted by molar-refractivity contribution is 0.400. The maximum absolute atomic E-state index is 4.37. The van der Waals surface area contributed by atoms with Gasteiger partial charge >= 0.3 is 0 Å². The first-order chi connectivity index (χ1) is 9.20. The van der Waals surface area contributed by atoms with Gasteiger partial charge in [0.2, 0.25) is 0 Å². The zero-order chi connectivity index (χ0) is 14.0. The van der Waals surface area contributed by atoms with Crippen LogP contribution < -0.4 is 5.32 Å². The summed E-state index contributed by atoms with van der Waals surface area (Å²) in [5.74, 6) is 0. The first-order valence-electron chi connectivity index (χ1n) is 7.88. The summed E-state index contributed by atoms with van der Waals surface area (Å²) in [4.78, 5) is 4.37. The number of nitrogens with zero attached hydrogens (tertiary/aromatic N) is 1. The minimum atomic E-state index is 0.222. The van der Waals surface area contributed by atoms with Gasteiger partial charge in [-0.2, -0.15) is 0 Å². The Bertz CT molecular complexity index is 311. The second-order valence-corrected chi connectivity index (χ2v) is 6.69. The molecule has 3 heteroatoms. The van der Waals surface area contributed by atoms with E-state index < -0.39 is 0 Å². The lowest BCUT2D eigenvalue weighted by Gasteiger charge is -2.31. The molecule has 0 radical (unpaired) electrons. The van der Waals surface area contributed by atoms with E-state index in [1.54, 1.807) is 11.3 Å². The molecule has 0 aromatic carbocycles. The highest BCUT2D eigenvalue weighted by molar-refractivity contribution is 7.13. The number of anilines is 1. The van der Waals surface area contributed by atoms with E-state index in [4.69, 9.17) is 0 Å². The first kappa shape index (κ1) is 16.5. The van der Waals surface area contributed by atoms with Gasteiger partial charge in [-0.05, 0) is 19.8 Å². The summed E-state index contributed by atoms with van der Waals surface area (Å²) in [6.07, 6.45) is 13.7. The van der Waals surface area contributed by atoms with Crippen molar-refractivity contribution < 1.29 is 0 Å². The Kier molecular flexibility index (Phi) is 8.11. The van der Waals surface area contributed by atoms with E-state index in [0.29, 0.717) is 0 Å². The number of aromatic nitrogens is 1. The summed E-state index contributed by atoms with van der Waals surface area (Å²) in [6.45, 7) is 6.91. The highest BCUT2D eigenvalue weighted by Gasteiger charge is 2.23. The highest BCUT2D eigenvalue weighted by atomic mass is 32.1. The van der Waals surface area contributed by atoms with Crippen molar-refractivity contribution in [2.45, 2.75) is 84.1 Å². The first-order valence-corrected chi connectivity index (χ1v) is 8.76. The molecule has 1 aromatic rings. The Balaban J connectivity index is 2.40. The van der Waals surface area contributed by atoms with Crippen LogP contribution in [0.1, 0.15) is 78.6 Å². The fraction of sp³-hybridized carbons (Fsp3) is 0.812. The molecule has 0 aliphatic heterocycles. The Hall–Kier alpha value is -0.570. The van der Waals surface area contributed by atoms with Gasteiger partial charge in [0.25, 0.3) is 0 Å². The van der Waals surface area contributed by atoms with Crippen molar-refractivity contribution in [2.75, 3.05) is 5.32 Å². The third-order valence-corrected chi connectivity index (χ3v) is 4.44. The van der Waals surface area contributed by atoms with Gasteiger partial charge in [0.1, 0.15) is 0 Å². The second kappa shape index (κ2) is 9.35. The molecule has 1 rings (SSSR count). The smallest absolute Gasteiger partial charge is 0.183 e. The molecule has 0 fully saturated rings. The average Bonchev–Trinajstić information content (AvgIpc) is 2.89. The Morgan fingerprint density at radius 3 is 2.37 bits per heavy atom. The van der Waals surface area contributed by atoms with Gasteiger partial charge in [0, 0.05) is 17.1 Å². The van der Waals surface area contributed by atoms with Crippen LogP contribution in [0.25, 0.3) is 0 Å². The SMILES string of the molecule is CCCCCCCC(C)(CCCC)Nc1nccs1. The normalized spacial score (nSPS) is 14.3. The van der Waals surface area contributed by atoms with Crippen molar-refractivity contribution in [1.82, 2.24) is 4.98 Å². The summed E-state index contributed by atoms with van der Waals surface area (Å²) < 4.78 is 0. The van der Waals surface area contributed by atoms with Crippen LogP contribution >= 0.6 is 11.3 Å². The third-order valence-electron chi connectivity index (χ3n) is 3.76. The van der Waals surface area contributed by atoms with E-state index in [2.05, 4.69) is 31.1 Å². The Morgan fingerprint density at radius 2 is 1.74 bits per heavy atom. The van der Waals surface area contributed by atoms with E-state index in [0.717, 1.165) is 5.13 Å². The van der Waals surface area contributed by atoms with Crippen molar-refractivity contribution in [3.05, 3.63) is 11.6 Å². The molecule has 0 spiro atoms. The van der Waals surface area contributed by atoms with Crippen LogP contribution in [0.5, 0.6) is 0 Å². The van der Waals surface area contributed by atoms with E-state index >= 15 is 0 Å². The van der Waals surface area contributed by atoms with Crippen LogP contribution in [0.15, 0.2) is 11.6 Å². The van der Waals surface area contributed by atoms with Gasteiger partial charge in [0.15, 0.2) is 5.13 Å². The van der Waals surface area contributed by atoms with E-state index in [-0.39, 0.29) is 5.54 Å². The van der Waals surface area contributed by atoms with Gasteiger partial charge in [-0.3, -0.25) is 0 Å². The van der Waals surface area contributed by atoms with E-state index in [9.17, 15) is 0 Å². The lowest BCUT2D eigenvalue weighted by atomic mass is 9.89. The molecule has 1 heterocycles. The predicted molar refractivity (Wildman–Crippen MR) is 87.0 cm³/mol. The van der Waals surface area contributed by atoms with Crippen molar-refractivity contribution in [3.8, 4) is 0 Å². The molecular weight excluding hydrogens is 252 g/mol. The summed E-state index contributed by atoms with van der Waals surface area (Å²) in [5, 5.41) is 6.79. The standard InChI is InChI=1S/C16H30N2S/c1-4-6-8-9-10-12-16(3,11-7-5-2)18-15-17-13-14-19-15/h13-14H,4-12H2,1-3H3,(H,17,18). The van der Waals surface area contributed by atoms with Crippen molar-refractivity contribution in [1.29, 1.82) is 0 Å². The molecule has 0 aliphatic rings. The summed E-state index contributed by atoms with van der Waals surface area (Å²) in [5.41, 5.74) is 0.222. The largest absolute Gasteiger partial charge is 0.356 e. The molecule has 1 N–H and O–H groups in total. The molecule has 110 valence electrons. The molecule has 0 bridgehead atoms. The average molecular weight is 282 g/mol. The Morgan fingerprint density at radius 1 is 1.05 bits per heavy atom. The number of thiazole rings is 1. The number of rotatable bonds is 11. The van der Waals surface area contributed by atoms with Crippen molar-refractivity contribution >= 4 is 16.5 Å². The minimum Gasteiger partial charge on any atom is -0.356 e. The summed E-state index contributed by atoms with van der Waals surface area (Å²) >= 11 is 1.71. The van der Waals surface area contributed by atoms with Crippen LogP contribution in [-0.2, 0) is 0 Å². The number of unbranched alkanes of at least 4 members (excludes halogenated alkanes) is 5. The van der Waals surface area contributed by atoms with Gasteiger partial charge < -0.3 is 5.32 Å². The van der Waals surface area contributed by atoms with Crippen LogP contribution in [0.4, 0.5) is 5.13 Å². The number of nitrogens with one attached hydrogen (secondary N) is 1. The van der Waals surface area contributed by atoms with E-state index in [1.807, 2.05) is 11.6 Å².